The van der Waals surface area contributed by atoms with Crippen LogP contribution in [0.25, 0.3) is 0 Å². The second-order valence-corrected chi connectivity index (χ2v) is 4.98. The van der Waals surface area contributed by atoms with Crippen molar-refractivity contribution >= 4 is 33.7 Å². The van der Waals surface area contributed by atoms with E-state index in [0.717, 1.165) is 4.47 Å². The van der Waals surface area contributed by atoms with Crippen LogP contribution in [0, 0.1) is 5.92 Å². The molecular weight excluding hydrogens is 302 g/mol. The van der Waals surface area contributed by atoms with Crippen LogP contribution in [0.4, 0.5) is 10.6 Å². The van der Waals surface area contributed by atoms with Gasteiger partial charge in [-0.25, -0.2) is 9.78 Å². The Morgan fingerprint density at radius 3 is 2.94 bits per heavy atom. The summed E-state index contributed by atoms with van der Waals surface area (Å²) in [6.07, 6.45) is 1.15. The Balaban J connectivity index is 1.95. The van der Waals surface area contributed by atoms with Crippen molar-refractivity contribution in [1.82, 2.24) is 9.88 Å². The average Bonchev–Trinajstić information content (AvgIpc) is 2.78. The van der Waals surface area contributed by atoms with Crippen molar-refractivity contribution in [2.24, 2.45) is 5.92 Å². The van der Waals surface area contributed by atoms with Gasteiger partial charge in [0.05, 0.1) is 5.92 Å². The molecule has 18 heavy (non-hydrogen) atoms. The third-order valence-electron chi connectivity index (χ3n) is 2.80. The van der Waals surface area contributed by atoms with Gasteiger partial charge in [0.2, 0.25) is 5.91 Å². The van der Waals surface area contributed by atoms with Crippen LogP contribution >= 0.6 is 15.9 Å². The van der Waals surface area contributed by atoms with Crippen LogP contribution in [0.1, 0.15) is 6.42 Å². The second kappa shape index (κ2) is 5.34. The van der Waals surface area contributed by atoms with E-state index in [4.69, 9.17) is 5.11 Å². The van der Waals surface area contributed by atoms with Crippen molar-refractivity contribution in [3.63, 3.8) is 0 Å². The molecule has 0 spiro atoms. The molecule has 0 saturated carbocycles. The molecule has 1 aromatic heterocycles. The van der Waals surface area contributed by atoms with Crippen LogP contribution < -0.4 is 5.32 Å². The highest BCUT2D eigenvalue weighted by Gasteiger charge is 2.30. The Kier molecular flexibility index (Phi) is 3.81. The molecule has 1 saturated heterocycles. The summed E-state index contributed by atoms with van der Waals surface area (Å²) in [6.45, 7) is 0.647. The molecule has 1 fully saturated rings. The number of nitrogens with one attached hydrogen (secondary N) is 1. The Hall–Kier alpha value is -1.63. The zero-order chi connectivity index (χ0) is 13.1. The molecule has 2 N–H and O–H groups in total. The number of likely N-dealkylation sites (tertiary alicyclic amines) is 1. The van der Waals surface area contributed by atoms with E-state index < -0.39 is 6.09 Å². The first-order valence-corrected chi connectivity index (χ1v) is 6.26. The summed E-state index contributed by atoms with van der Waals surface area (Å²) < 4.78 is 0.825. The number of amides is 2. The van der Waals surface area contributed by atoms with Gasteiger partial charge in [0.15, 0.2) is 0 Å². The largest absolute Gasteiger partial charge is 0.465 e. The Morgan fingerprint density at radius 2 is 2.33 bits per heavy atom. The fourth-order valence-corrected chi connectivity index (χ4v) is 2.18. The van der Waals surface area contributed by atoms with Gasteiger partial charge in [-0.15, -0.1) is 0 Å². The van der Waals surface area contributed by atoms with E-state index >= 15 is 0 Å². The molecule has 0 bridgehead atoms. The first-order valence-electron chi connectivity index (χ1n) is 5.46. The number of anilines is 1. The van der Waals surface area contributed by atoms with Crippen LogP contribution in [0.15, 0.2) is 22.8 Å². The molecule has 1 atom stereocenters. The smallest absolute Gasteiger partial charge is 0.407 e. The lowest BCUT2D eigenvalue weighted by Crippen LogP contribution is -2.30. The lowest BCUT2D eigenvalue weighted by atomic mass is 10.1. The predicted molar refractivity (Wildman–Crippen MR) is 68.3 cm³/mol. The van der Waals surface area contributed by atoms with Crippen molar-refractivity contribution in [3.8, 4) is 0 Å². The highest BCUT2D eigenvalue weighted by molar-refractivity contribution is 9.10. The molecule has 0 aromatic carbocycles. The van der Waals surface area contributed by atoms with Crippen molar-refractivity contribution in [2.45, 2.75) is 6.42 Å². The lowest BCUT2D eigenvalue weighted by molar-refractivity contribution is -0.119. The fourth-order valence-electron chi connectivity index (χ4n) is 1.85. The van der Waals surface area contributed by atoms with E-state index in [0.29, 0.717) is 18.8 Å². The summed E-state index contributed by atoms with van der Waals surface area (Å²) in [4.78, 5) is 27.9. The minimum atomic E-state index is -0.981. The number of aromatic nitrogens is 1. The van der Waals surface area contributed by atoms with Gasteiger partial charge < -0.3 is 15.3 Å². The standard InChI is InChI=1S/C11H12BrN3O3/c12-8-1-3-13-9(5-8)14-10(16)7-2-4-15(6-7)11(17)18/h1,3,5,7H,2,4,6H2,(H,17,18)(H,13,14,16). The number of hydrogen-bond acceptors (Lipinski definition) is 3. The van der Waals surface area contributed by atoms with Gasteiger partial charge in [-0.2, -0.15) is 0 Å². The number of carbonyl (C=O) groups excluding carboxylic acids is 1. The van der Waals surface area contributed by atoms with Crippen LogP contribution in [0.3, 0.4) is 0 Å². The highest BCUT2D eigenvalue weighted by Crippen LogP contribution is 2.19. The maximum atomic E-state index is 11.9. The van der Waals surface area contributed by atoms with E-state index in [1.807, 2.05) is 0 Å². The fraction of sp³-hybridized carbons (Fsp3) is 0.364. The normalized spacial score (nSPS) is 18.7. The molecule has 96 valence electrons. The molecule has 1 aliphatic rings. The van der Waals surface area contributed by atoms with Gasteiger partial charge in [-0.3, -0.25) is 4.79 Å². The number of carboxylic acid groups (broad SMARTS) is 1. The number of carbonyl (C=O) groups is 2. The molecule has 1 aliphatic heterocycles. The molecule has 1 aromatic rings. The summed E-state index contributed by atoms with van der Waals surface area (Å²) in [5, 5.41) is 11.5. The Bertz CT molecular complexity index is 480. The molecule has 0 radical (unpaired) electrons. The van der Waals surface area contributed by atoms with Gasteiger partial charge in [-0.1, -0.05) is 15.9 Å². The first kappa shape index (κ1) is 12.8. The van der Waals surface area contributed by atoms with Crippen LogP contribution in [0.2, 0.25) is 0 Å². The zero-order valence-electron chi connectivity index (χ0n) is 9.47. The lowest BCUT2D eigenvalue weighted by Gasteiger charge is -2.12. The third kappa shape index (κ3) is 2.98. The first-order chi connectivity index (χ1) is 8.56. The number of pyridine rings is 1. The van der Waals surface area contributed by atoms with E-state index in [1.165, 1.54) is 4.90 Å². The monoisotopic (exact) mass is 313 g/mol. The van der Waals surface area contributed by atoms with E-state index in [9.17, 15) is 9.59 Å². The van der Waals surface area contributed by atoms with Crippen molar-refractivity contribution < 1.29 is 14.7 Å². The molecule has 7 heteroatoms. The average molecular weight is 314 g/mol. The van der Waals surface area contributed by atoms with Crippen LogP contribution in [-0.4, -0.2) is 40.1 Å². The minimum absolute atomic E-state index is 0.190. The number of rotatable bonds is 2. The summed E-state index contributed by atoms with van der Waals surface area (Å²) in [7, 11) is 0. The zero-order valence-corrected chi connectivity index (χ0v) is 11.1. The van der Waals surface area contributed by atoms with Gasteiger partial charge in [-0.05, 0) is 18.6 Å². The van der Waals surface area contributed by atoms with Crippen LogP contribution in [0.5, 0.6) is 0 Å². The minimum Gasteiger partial charge on any atom is -0.465 e. The van der Waals surface area contributed by atoms with Gasteiger partial charge in [0, 0.05) is 23.8 Å². The number of hydrogen-bond donors (Lipinski definition) is 2. The molecule has 2 rings (SSSR count). The Labute approximate surface area is 112 Å². The highest BCUT2D eigenvalue weighted by atomic mass is 79.9. The molecule has 2 amide bonds. The quantitative estimate of drug-likeness (QED) is 0.872. The van der Waals surface area contributed by atoms with Gasteiger partial charge in [0.1, 0.15) is 5.82 Å². The maximum absolute atomic E-state index is 11.9. The SMILES string of the molecule is O=C(Nc1cc(Br)ccn1)C1CCN(C(=O)O)C1. The van der Waals surface area contributed by atoms with E-state index in [1.54, 1.807) is 18.3 Å². The van der Waals surface area contributed by atoms with Crippen molar-refractivity contribution in [3.05, 3.63) is 22.8 Å². The molecule has 1 unspecified atom stereocenters. The van der Waals surface area contributed by atoms with Crippen molar-refractivity contribution in [2.75, 3.05) is 18.4 Å². The molecule has 0 aliphatic carbocycles. The number of nitrogens with zero attached hydrogens (tertiary/aromatic N) is 2. The summed E-state index contributed by atoms with van der Waals surface area (Å²) in [6, 6.07) is 3.46. The van der Waals surface area contributed by atoms with Crippen molar-refractivity contribution in [1.29, 1.82) is 0 Å². The summed E-state index contributed by atoms with van der Waals surface area (Å²) in [5.41, 5.74) is 0. The molecular formula is C11H12BrN3O3. The van der Waals surface area contributed by atoms with Gasteiger partial charge in [0.25, 0.3) is 0 Å². The van der Waals surface area contributed by atoms with E-state index in [-0.39, 0.29) is 18.4 Å². The maximum Gasteiger partial charge on any atom is 0.407 e. The summed E-state index contributed by atoms with van der Waals surface area (Å²) >= 11 is 3.29. The second-order valence-electron chi connectivity index (χ2n) is 4.06. The Morgan fingerprint density at radius 1 is 1.56 bits per heavy atom. The molecule has 6 nitrogen and oxygen atoms in total. The van der Waals surface area contributed by atoms with Crippen LogP contribution in [-0.2, 0) is 4.79 Å². The van der Waals surface area contributed by atoms with E-state index in [2.05, 4.69) is 26.2 Å². The molecule has 2 heterocycles. The summed E-state index contributed by atoms with van der Waals surface area (Å²) in [5.74, 6) is -0.0330. The van der Waals surface area contributed by atoms with Gasteiger partial charge >= 0.3 is 6.09 Å². The third-order valence-corrected chi connectivity index (χ3v) is 3.30. The number of halogens is 1. The predicted octanol–water partition coefficient (Wildman–Crippen LogP) is 1.78. The topological polar surface area (TPSA) is 82.5 Å².